The fourth-order valence-corrected chi connectivity index (χ4v) is 2.51. The molecule has 0 fully saturated rings. The molecule has 7 nitrogen and oxygen atoms in total. The van der Waals surface area contributed by atoms with Crippen molar-refractivity contribution in [3.05, 3.63) is 41.1 Å². The third-order valence-corrected chi connectivity index (χ3v) is 3.49. The van der Waals surface area contributed by atoms with E-state index < -0.39 is 17.9 Å². The average Bonchev–Trinajstić information content (AvgIpc) is 2.52. The quantitative estimate of drug-likeness (QED) is 0.532. The summed E-state index contributed by atoms with van der Waals surface area (Å²) < 4.78 is 10.1. The molecule has 0 spiro atoms. The number of thiocarbonyl (C=S) groups is 1. The number of hydrogen-bond acceptors (Lipinski definition) is 5. The molecule has 23 heavy (non-hydrogen) atoms. The van der Waals surface area contributed by atoms with E-state index >= 15 is 0 Å². The molecule has 2 rings (SSSR count). The first-order chi connectivity index (χ1) is 10.9. The fourth-order valence-electron chi connectivity index (χ4n) is 2.24. The molecular formula is C15H17N3O4S. The molecule has 1 aromatic rings. The summed E-state index contributed by atoms with van der Waals surface area (Å²) in [6.07, 6.45) is 0. The van der Waals surface area contributed by atoms with Crippen LogP contribution in [-0.4, -0.2) is 30.7 Å². The lowest BCUT2D eigenvalue weighted by atomic mass is 9.95. The Kier molecular flexibility index (Phi) is 5.17. The molecule has 122 valence electrons. The Labute approximate surface area is 138 Å². The Bertz CT molecular complexity index is 670. The Hall–Kier alpha value is -2.61. The van der Waals surface area contributed by atoms with Gasteiger partial charge in [0.2, 0.25) is 0 Å². The lowest BCUT2D eigenvalue weighted by Gasteiger charge is -2.29. The van der Waals surface area contributed by atoms with Gasteiger partial charge in [0.25, 0.3) is 5.91 Å². The van der Waals surface area contributed by atoms with Gasteiger partial charge in [0.05, 0.1) is 18.7 Å². The second kappa shape index (κ2) is 7.10. The SMILES string of the molecule is COC(=O)C1=C(C)NC(=S)N[C@@H]1c1ccc(OCC(N)=O)cc1. The number of nitrogens with two attached hydrogens (primary N) is 1. The molecule has 0 aromatic heterocycles. The number of carbonyl (C=O) groups excluding carboxylic acids is 2. The third-order valence-electron chi connectivity index (χ3n) is 3.27. The molecule has 1 atom stereocenters. The van der Waals surface area contributed by atoms with E-state index in [9.17, 15) is 9.59 Å². The highest BCUT2D eigenvalue weighted by atomic mass is 32.1. The number of nitrogens with one attached hydrogen (secondary N) is 2. The predicted octanol–water partition coefficient (Wildman–Crippen LogP) is 0.516. The number of rotatable bonds is 5. The monoisotopic (exact) mass is 335 g/mol. The van der Waals surface area contributed by atoms with Gasteiger partial charge < -0.3 is 25.8 Å². The molecule has 8 heteroatoms. The minimum atomic E-state index is -0.550. The molecule has 1 aliphatic heterocycles. The molecule has 4 N–H and O–H groups in total. The molecular weight excluding hydrogens is 318 g/mol. The first-order valence-corrected chi connectivity index (χ1v) is 7.21. The summed E-state index contributed by atoms with van der Waals surface area (Å²) in [5.41, 5.74) is 6.93. The van der Waals surface area contributed by atoms with Crippen molar-refractivity contribution in [3.8, 4) is 5.75 Å². The summed E-state index contributed by atoms with van der Waals surface area (Å²) in [4.78, 5) is 22.8. The molecule has 0 bridgehead atoms. The first kappa shape index (κ1) is 16.8. The molecule has 1 heterocycles. The van der Waals surface area contributed by atoms with Crippen molar-refractivity contribution in [1.82, 2.24) is 10.6 Å². The molecule has 0 unspecified atom stereocenters. The van der Waals surface area contributed by atoms with Gasteiger partial charge in [-0.25, -0.2) is 4.79 Å². The van der Waals surface area contributed by atoms with Gasteiger partial charge in [0, 0.05) is 5.70 Å². The highest BCUT2D eigenvalue weighted by molar-refractivity contribution is 7.80. The number of amides is 1. The zero-order valence-electron chi connectivity index (χ0n) is 12.7. The fraction of sp³-hybridized carbons (Fsp3) is 0.267. The number of primary amides is 1. The first-order valence-electron chi connectivity index (χ1n) is 6.80. The van der Waals surface area contributed by atoms with Crippen molar-refractivity contribution in [2.75, 3.05) is 13.7 Å². The van der Waals surface area contributed by atoms with Crippen molar-refractivity contribution < 1.29 is 19.1 Å². The summed E-state index contributed by atoms with van der Waals surface area (Å²) in [6, 6.07) is 6.50. The van der Waals surface area contributed by atoms with Crippen molar-refractivity contribution in [1.29, 1.82) is 0 Å². The highest BCUT2D eigenvalue weighted by Crippen LogP contribution is 2.28. The number of ether oxygens (including phenoxy) is 2. The van der Waals surface area contributed by atoms with Gasteiger partial charge >= 0.3 is 5.97 Å². The molecule has 1 aromatic carbocycles. The van der Waals surface area contributed by atoms with Crippen LogP contribution in [0.15, 0.2) is 35.5 Å². The Morgan fingerprint density at radius 2 is 1.96 bits per heavy atom. The minimum absolute atomic E-state index is 0.193. The lowest BCUT2D eigenvalue weighted by Crippen LogP contribution is -2.45. The zero-order chi connectivity index (χ0) is 17.0. The van der Waals surface area contributed by atoms with E-state index in [-0.39, 0.29) is 6.61 Å². The van der Waals surface area contributed by atoms with Crippen molar-refractivity contribution >= 4 is 29.2 Å². The maximum absolute atomic E-state index is 12.0. The molecule has 0 aliphatic carbocycles. The highest BCUT2D eigenvalue weighted by Gasteiger charge is 2.30. The van der Waals surface area contributed by atoms with Gasteiger partial charge in [-0.15, -0.1) is 0 Å². The second-order valence-corrected chi connectivity index (χ2v) is 5.29. The van der Waals surface area contributed by atoms with Crippen molar-refractivity contribution in [2.45, 2.75) is 13.0 Å². The van der Waals surface area contributed by atoms with Gasteiger partial charge in [-0.3, -0.25) is 4.79 Å². The van der Waals surface area contributed by atoms with E-state index in [4.69, 9.17) is 27.4 Å². The van der Waals surface area contributed by atoms with Gasteiger partial charge in [-0.1, -0.05) is 12.1 Å². The van der Waals surface area contributed by atoms with Crippen LogP contribution in [0.2, 0.25) is 0 Å². The van der Waals surface area contributed by atoms with Gasteiger partial charge in [-0.05, 0) is 36.8 Å². The van der Waals surface area contributed by atoms with Crippen LogP contribution >= 0.6 is 12.2 Å². The number of carbonyl (C=O) groups is 2. The maximum atomic E-state index is 12.0. The second-order valence-electron chi connectivity index (χ2n) is 4.89. The van der Waals surface area contributed by atoms with E-state index in [1.165, 1.54) is 7.11 Å². The molecule has 1 amide bonds. The van der Waals surface area contributed by atoms with Crippen LogP contribution in [0.5, 0.6) is 5.75 Å². The number of methoxy groups -OCH3 is 1. The normalized spacial score (nSPS) is 17.1. The number of esters is 1. The van der Waals surface area contributed by atoms with Gasteiger partial charge in [-0.2, -0.15) is 0 Å². The minimum Gasteiger partial charge on any atom is -0.484 e. The molecule has 0 saturated heterocycles. The number of allylic oxidation sites excluding steroid dienone is 1. The van der Waals surface area contributed by atoms with E-state index in [0.717, 1.165) is 5.56 Å². The standard InChI is InChI=1S/C15H17N3O4S/c1-8-12(14(20)21-2)13(18-15(23)17-8)9-3-5-10(6-4-9)22-7-11(16)19/h3-6,13H,7H2,1-2H3,(H2,16,19)(H2,17,18,23)/t13-/m1/s1. The van der Waals surface area contributed by atoms with Crippen LogP contribution in [0.1, 0.15) is 18.5 Å². The van der Waals surface area contributed by atoms with Crippen LogP contribution in [0.25, 0.3) is 0 Å². The Balaban J connectivity index is 2.27. The molecule has 0 radical (unpaired) electrons. The van der Waals surface area contributed by atoms with E-state index in [0.29, 0.717) is 22.1 Å². The molecule has 0 saturated carbocycles. The van der Waals surface area contributed by atoms with E-state index in [1.807, 2.05) is 0 Å². The smallest absolute Gasteiger partial charge is 0.337 e. The van der Waals surface area contributed by atoms with E-state index in [2.05, 4.69) is 10.6 Å². The predicted molar refractivity (Wildman–Crippen MR) is 87.5 cm³/mol. The van der Waals surface area contributed by atoms with Crippen LogP contribution in [0, 0.1) is 0 Å². The average molecular weight is 335 g/mol. The van der Waals surface area contributed by atoms with Crippen LogP contribution in [0.3, 0.4) is 0 Å². The Morgan fingerprint density at radius 3 is 2.52 bits per heavy atom. The van der Waals surface area contributed by atoms with Crippen LogP contribution in [-0.2, 0) is 14.3 Å². The molecule has 1 aliphatic rings. The van der Waals surface area contributed by atoms with Crippen molar-refractivity contribution in [3.63, 3.8) is 0 Å². The summed E-state index contributed by atoms with van der Waals surface area (Å²) in [5.74, 6) is -0.487. The topological polar surface area (TPSA) is 103 Å². The maximum Gasteiger partial charge on any atom is 0.337 e. The van der Waals surface area contributed by atoms with E-state index in [1.54, 1.807) is 31.2 Å². The largest absolute Gasteiger partial charge is 0.484 e. The Morgan fingerprint density at radius 1 is 1.30 bits per heavy atom. The third kappa shape index (κ3) is 3.98. The van der Waals surface area contributed by atoms with Gasteiger partial charge in [0.1, 0.15) is 5.75 Å². The van der Waals surface area contributed by atoms with Crippen LogP contribution < -0.4 is 21.1 Å². The number of hydrogen-bond donors (Lipinski definition) is 3. The van der Waals surface area contributed by atoms with Gasteiger partial charge in [0.15, 0.2) is 11.7 Å². The summed E-state index contributed by atoms with van der Waals surface area (Å²) in [5, 5.41) is 6.38. The number of benzene rings is 1. The summed E-state index contributed by atoms with van der Waals surface area (Å²) in [6.45, 7) is 1.57. The summed E-state index contributed by atoms with van der Waals surface area (Å²) >= 11 is 5.15. The van der Waals surface area contributed by atoms with Crippen LogP contribution in [0.4, 0.5) is 0 Å². The summed E-state index contributed by atoms with van der Waals surface area (Å²) in [7, 11) is 1.33. The van der Waals surface area contributed by atoms with Crippen molar-refractivity contribution in [2.24, 2.45) is 5.73 Å². The zero-order valence-corrected chi connectivity index (χ0v) is 13.5. The lowest BCUT2D eigenvalue weighted by molar-refractivity contribution is -0.136.